The van der Waals surface area contributed by atoms with E-state index in [9.17, 15) is 4.79 Å². The molecule has 4 heteroatoms. The van der Waals surface area contributed by atoms with E-state index in [1.807, 2.05) is 63.2 Å². The predicted molar refractivity (Wildman–Crippen MR) is 101 cm³/mol. The lowest BCUT2D eigenvalue weighted by Crippen LogP contribution is -2.36. The van der Waals surface area contributed by atoms with Crippen LogP contribution in [-0.4, -0.2) is 29.9 Å². The number of aliphatic imine (C=N–C) groups is 1. The van der Waals surface area contributed by atoms with Gasteiger partial charge in [-0.05, 0) is 38.5 Å². The van der Waals surface area contributed by atoms with Crippen LogP contribution in [0.15, 0.2) is 59.6 Å². The van der Waals surface area contributed by atoms with Crippen LogP contribution >= 0.6 is 0 Å². The maximum atomic E-state index is 12.9. The van der Waals surface area contributed by atoms with Crippen molar-refractivity contribution in [1.29, 1.82) is 0 Å². The minimum Gasteiger partial charge on any atom is -0.492 e. The number of ether oxygens (including phenoxy) is 2. The summed E-state index contributed by atoms with van der Waals surface area (Å²) >= 11 is 0. The number of carbonyl (C=O) groups is 1. The smallest absolute Gasteiger partial charge is 0.332 e. The van der Waals surface area contributed by atoms with Crippen molar-refractivity contribution in [3.63, 3.8) is 0 Å². The molecule has 0 unspecified atom stereocenters. The van der Waals surface area contributed by atoms with Crippen molar-refractivity contribution in [3.8, 4) is 5.75 Å². The van der Waals surface area contributed by atoms with Crippen LogP contribution in [0.1, 0.15) is 37.8 Å². The summed E-state index contributed by atoms with van der Waals surface area (Å²) in [6, 6.07) is 17.4. The molecule has 0 aliphatic carbocycles. The topological polar surface area (TPSA) is 47.9 Å². The lowest BCUT2D eigenvalue weighted by atomic mass is 9.79. The zero-order valence-electron chi connectivity index (χ0n) is 15.3. The number of fused-ring (bicyclic) bond motifs is 3. The summed E-state index contributed by atoms with van der Waals surface area (Å²) in [6.07, 6.45) is 0. The van der Waals surface area contributed by atoms with Crippen LogP contribution in [0.2, 0.25) is 0 Å². The Bertz CT molecular complexity index is 851. The van der Waals surface area contributed by atoms with Gasteiger partial charge in [0.1, 0.15) is 11.4 Å². The first-order chi connectivity index (χ1) is 12.4. The minimum atomic E-state index is -0.550. The van der Waals surface area contributed by atoms with Crippen LogP contribution in [0, 0.1) is 5.92 Å². The number of rotatable bonds is 2. The van der Waals surface area contributed by atoms with E-state index in [4.69, 9.17) is 14.5 Å². The normalized spacial score (nSPS) is 24.1. The third kappa shape index (κ3) is 3.00. The molecule has 2 aromatic carbocycles. The fraction of sp³-hybridized carbons (Fsp3) is 0.364. The number of carbonyl (C=O) groups excluding carboxylic acids is 1. The van der Waals surface area contributed by atoms with Crippen molar-refractivity contribution in [2.24, 2.45) is 10.9 Å². The van der Waals surface area contributed by atoms with Crippen molar-refractivity contribution in [2.45, 2.75) is 38.3 Å². The molecule has 0 N–H and O–H groups in total. The van der Waals surface area contributed by atoms with Crippen LogP contribution < -0.4 is 4.74 Å². The summed E-state index contributed by atoms with van der Waals surface area (Å²) < 4.78 is 11.7. The number of benzene rings is 2. The molecule has 0 bridgehead atoms. The molecular weight excluding hydrogens is 326 g/mol. The molecule has 0 aromatic heterocycles. The molecule has 0 saturated heterocycles. The molecule has 3 atom stereocenters. The van der Waals surface area contributed by atoms with Crippen molar-refractivity contribution < 1.29 is 14.3 Å². The molecule has 2 aromatic rings. The zero-order chi connectivity index (χ0) is 18.3. The Kier molecular flexibility index (Phi) is 4.06. The van der Waals surface area contributed by atoms with E-state index < -0.39 is 11.6 Å². The molecule has 0 saturated carbocycles. The molecule has 0 amide bonds. The molecule has 2 aliphatic heterocycles. The molecule has 2 heterocycles. The molecular formula is C22H23NO3. The van der Waals surface area contributed by atoms with Gasteiger partial charge in [-0.15, -0.1) is 0 Å². The lowest BCUT2D eigenvalue weighted by Gasteiger charge is -2.29. The molecule has 26 heavy (non-hydrogen) atoms. The second-order valence-corrected chi connectivity index (χ2v) is 7.84. The summed E-state index contributed by atoms with van der Waals surface area (Å²) in [5.41, 5.74) is 2.49. The van der Waals surface area contributed by atoms with Gasteiger partial charge in [0.25, 0.3) is 0 Å². The first-order valence-corrected chi connectivity index (χ1v) is 9.02. The quantitative estimate of drug-likeness (QED) is 0.770. The minimum absolute atomic E-state index is 0.0461. The average Bonchev–Trinajstić information content (AvgIpc) is 3.01. The van der Waals surface area contributed by atoms with Gasteiger partial charge in [-0.25, -0.2) is 4.79 Å². The molecule has 134 valence electrons. The second-order valence-electron chi connectivity index (χ2n) is 7.84. The molecule has 0 fully saturated rings. The molecule has 0 radical (unpaired) electrons. The lowest BCUT2D eigenvalue weighted by molar-refractivity contribution is -0.156. The van der Waals surface area contributed by atoms with Crippen molar-refractivity contribution >= 4 is 11.7 Å². The highest BCUT2D eigenvalue weighted by Crippen LogP contribution is 2.43. The van der Waals surface area contributed by atoms with Gasteiger partial charge >= 0.3 is 5.97 Å². The first kappa shape index (κ1) is 16.8. The van der Waals surface area contributed by atoms with Crippen molar-refractivity contribution in [1.82, 2.24) is 0 Å². The number of hydrogen-bond donors (Lipinski definition) is 0. The van der Waals surface area contributed by atoms with Gasteiger partial charge < -0.3 is 9.47 Å². The van der Waals surface area contributed by atoms with E-state index in [0.717, 1.165) is 22.6 Å². The van der Waals surface area contributed by atoms with Crippen LogP contribution in [0.3, 0.4) is 0 Å². The van der Waals surface area contributed by atoms with Crippen molar-refractivity contribution in [2.75, 3.05) is 6.61 Å². The van der Waals surface area contributed by atoms with E-state index in [2.05, 4.69) is 12.1 Å². The van der Waals surface area contributed by atoms with Crippen LogP contribution in [0.25, 0.3) is 0 Å². The summed E-state index contributed by atoms with van der Waals surface area (Å²) in [5, 5.41) is 0. The summed E-state index contributed by atoms with van der Waals surface area (Å²) in [4.78, 5) is 17.8. The van der Waals surface area contributed by atoms with Gasteiger partial charge in [-0.1, -0.05) is 42.5 Å². The van der Waals surface area contributed by atoms with Crippen LogP contribution in [-0.2, 0) is 9.53 Å². The highest BCUT2D eigenvalue weighted by atomic mass is 16.6. The van der Waals surface area contributed by atoms with E-state index in [1.165, 1.54) is 0 Å². The Morgan fingerprint density at radius 1 is 1.08 bits per heavy atom. The fourth-order valence-electron chi connectivity index (χ4n) is 3.80. The highest BCUT2D eigenvalue weighted by molar-refractivity contribution is 6.09. The predicted octanol–water partition coefficient (Wildman–Crippen LogP) is 3.99. The Hall–Kier alpha value is -2.62. The van der Waals surface area contributed by atoms with E-state index in [1.54, 1.807) is 0 Å². The van der Waals surface area contributed by atoms with E-state index in [0.29, 0.717) is 6.61 Å². The molecule has 2 aliphatic rings. The third-order valence-electron chi connectivity index (χ3n) is 4.82. The van der Waals surface area contributed by atoms with Gasteiger partial charge in [0.05, 0.1) is 12.3 Å². The Morgan fingerprint density at radius 2 is 1.77 bits per heavy atom. The third-order valence-corrected chi connectivity index (χ3v) is 4.82. The number of nitrogens with zero attached hydrogens (tertiary/aromatic N) is 1. The number of esters is 1. The molecule has 4 rings (SSSR count). The maximum absolute atomic E-state index is 12.9. The monoisotopic (exact) mass is 349 g/mol. The maximum Gasteiger partial charge on any atom is 0.332 e. The zero-order valence-corrected chi connectivity index (χ0v) is 15.3. The number of hydrogen-bond acceptors (Lipinski definition) is 4. The van der Waals surface area contributed by atoms with Crippen LogP contribution in [0.4, 0.5) is 0 Å². The van der Waals surface area contributed by atoms with Crippen molar-refractivity contribution in [3.05, 3.63) is 65.7 Å². The molecule has 4 nitrogen and oxygen atoms in total. The Labute approximate surface area is 153 Å². The van der Waals surface area contributed by atoms with Gasteiger partial charge in [0, 0.05) is 17.4 Å². The molecule has 0 spiro atoms. The highest BCUT2D eigenvalue weighted by Gasteiger charge is 2.47. The fourth-order valence-corrected chi connectivity index (χ4v) is 3.80. The van der Waals surface area contributed by atoms with Gasteiger partial charge in [-0.3, -0.25) is 4.99 Å². The summed E-state index contributed by atoms with van der Waals surface area (Å²) in [6.45, 7) is 6.18. The van der Waals surface area contributed by atoms with E-state index >= 15 is 0 Å². The van der Waals surface area contributed by atoms with Gasteiger partial charge in [-0.2, -0.15) is 0 Å². The van der Waals surface area contributed by atoms with Gasteiger partial charge in [0.2, 0.25) is 0 Å². The van der Waals surface area contributed by atoms with Crippen LogP contribution in [0.5, 0.6) is 5.75 Å². The first-order valence-electron chi connectivity index (χ1n) is 9.02. The Morgan fingerprint density at radius 3 is 2.50 bits per heavy atom. The summed E-state index contributed by atoms with van der Waals surface area (Å²) in [5.74, 6) is 0.532. The average molecular weight is 349 g/mol. The SMILES string of the molecule is CC(C)(C)OC(=O)[C@@H]1N=C2c3ccccc3OC[C@@H]2[C@H]1c1ccccc1. The number of para-hydroxylation sites is 1. The Balaban J connectivity index is 1.77. The standard InChI is InChI=1S/C22H23NO3/c1-22(2,3)26-21(24)20-18(14-9-5-4-6-10-14)16-13-25-17-12-8-7-11-15(17)19(16)23-20/h4-12,16,18,20H,13H2,1-3H3/t16-,18-,20-/m1/s1. The second kappa shape index (κ2) is 6.27. The van der Waals surface area contributed by atoms with E-state index in [-0.39, 0.29) is 17.8 Å². The summed E-state index contributed by atoms with van der Waals surface area (Å²) in [7, 11) is 0. The largest absolute Gasteiger partial charge is 0.492 e. The van der Waals surface area contributed by atoms with Gasteiger partial charge in [0.15, 0.2) is 6.04 Å².